The SMILES string of the molecule is N#Cc1cc(-c2cncnc2)c2ncn(CC(F)=CCN)c2c1. The molecule has 3 rings (SSSR count). The molecule has 0 radical (unpaired) electrons. The van der Waals surface area contributed by atoms with E-state index in [9.17, 15) is 9.65 Å². The van der Waals surface area contributed by atoms with Crippen LogP contribution in [0.1, 0.15) is 5.56 Å². The zero-order valence-corrected chi connectivity index (χ0v) is 12.1. The third kappa shape index (κ3) is 2.93. The molecule has 0 bridgehead atoms. The molecule has 0 saturated heterocycles. The molecular weight excluding hydrogens is 295 g/mol. The average Bonchev–Trinajstić information content (AvgIpc) is 2.98. The van der Waals surface area contributed by atoms with E-state index >= 15 is 0 Å². The number of imidazole rings is 1. The summed E-state index contributed by atoms with van der Waals surface area (Å²) in [5, 5.41) is 9.25. The Hall–Kier alpha value is -3.11. The first-order chi connectivity index (χ1) is 11.2. The number of benzene rings is 1. The van der Waals surface area contributed by atoms with Crippen LogP contribution in [0.15, 0.2) is 49.1 Å². The lowest BCUT2D eigenvalue weighted by Gasteiger charge is -2.06. The first kappa shape index (κ1) is 14.8. The number of fused-ring (bicyclic) bond motifs is 1. The monoisotopic (exact) mass is 308 g/mol. The van der Waals surface area contributed by atoms with E-state index in [0.717, 1.165) is 11.1 Å². The molecule has 0 aliphatic heterocycles. The highest BCUT2D eigenvalue weighted by atomic mass is 19.1. The standard InChI is InChI=1S/C16H13FN6/c17-13(1-2-18)8-23-10-22-16-14(12-6-20-9-21-7-12)3-11(5-19)4-15(16)23/h1,3-4,6-7,9-10H,2,8,18H2. The Kier molecular flexibility index (Phi) is 4.08. The lowest BCUT2D eigenvalue weighted by Crippen LogP contribution is -2.00. The van der Waals surface area contributed by atoms with Crippen LogP contribution >= 0.6 is 0 Å². The Labute approximate surface area is 131 Å². The van der Waals surface area contributed by atoms with Gasteiger partial charge in [0, 0.05) is 30.1 Å². The molecule has 0 aliphatic rings. The van der Waals surface area contributed by atoms with Gasteiger partial charge in [-0.25, -0.2) is 19.3 Å². The van der Waals surface area contributed by atoms with Crippen molar-refractivity contribution >= 4 is 11.0 Å². The Morgan fingerprint density at radius 2 is 2.13 bits per heavy atom. The number of hydrogen-bond acceptors (Lipinski definition) is 5. The molecule has 0 spiro atoms. The van der Waals surface area contributed by atoms with Gasteiger partial charge in [-0.05, 0) is 18.2 Å². The van der Waals surface area contributed by atoms with Crippen molar-refractivity contribution < 1.29 is 4.39 Å². The molecule has 7 heteroatoms. The van der Waals surface area contributed by atoms with Gasteiger partial charge < -0.3 is 10.3 Å². The van der Waals surface area contributed by atoms with Crippen molar-refractivity contribution in [3.63, 3.8) is 0 Å². The van der Waals surface area contributed by atoms with Gasteiger partial charge >= 0.3 is 0 Å². The third-order valence-corrected chi connectivity index (χ3v) is 3.39. The maximum absolute atomic E-state index is 13.7. The Balaban J connectivity index is 2.18. The Morgan fingerprint density at radius 3 is 2.83 bits per heavy atom. The van der Waals surface area contributed by atoms with Crippen molar-refractivity contribution in [2.75, 3.05) is 6.54 Å². The minimum atomic E-state index is -0.348. The summed E-state index contributed by atoms with van der Waals surface area (Å²) in [4.78, 5) is 12.3. The number of aromatic nitrogens is 4. The van der Waals surface area contributed by atoms with Crippen molar-refractivity contribution in [2.24, 2.45) is 5.73 Å². The van der Waals surface area contributed by atoms with Crippen molar-refractivity contribution in [1.82, 2.24) is 19.5 Å². The minimum absolute atomic E-state index is 0.0211. The van der Waals surface area contributed by atoms with Gasteiger partial charge in [0.1, 0.15) is 12.2 Å². The lowest BCUT2D eigenvalue weighted by atomic mass is 10.0. The molecule has 2 N–H and O–H groups in total. The topological polar surface area (TPSA) is 93.4 Å². The predicted octanol–water partition coefficient (Wildman–Crippen LogP) is 2.18. The zero-order chi connectivity index (χ0) is 16.2. The van der Waals surface area contributed by atoms with E-state index in [1.54, 1.807) is 35.4 Å². The smallest absolute Gasteiger partial charge is 0.117 e. The van der Waals surface area contributed by atoms with Gasteiger partial charge in [0.15, 0.2) is 0 Å². The summed E-state index contributed by atoms with van der Waals surface area (Å²) >= 11 is 0. The minimum Gasteiger partial charge on any atom is -0.327 e. The predicted molar refractivity (Wildman–Crippen MR) is 83.7 cm³/mol. The van der Waals surface area contributed by atoms with Gasteiger partial charge in [0.05, 0.1) is 35.5 Å². The van der Waals surface area contributed by atoms with Crippen LogP contribution < -0.4 is 5.73 Å². The Morgan fingerprint density at radius 1 is 1.35 bits per heavy atom. The molecule has 23 heavy (non-hydrogen) atoms. The second-order valence-corrected chi connectivity index (χ2v) is 4.89. The summed E-state index contributed by atoms with van der Waals surface area (Å²) < 4.78 is 15.4. The van der Waals surface area contributed by atoms with E-state index in [-0.39, 0.29) is 18.9 Å². The number of hydrogen-bond donors (Lipinski definition) is 1. The second kappa shape index (κ2) is 6.34. The summed E-state index contributed by atoms with van der Waals surface area (Å²) in [6, 6.07) is 5.53. The van der Waals surface area contributed by atoms with E-state index in [0.29, 0.717) is 16.6 Å². The van der Waals surface area contributed by atoms with Gasteiger partial charge in [0.25, 0.3) is 0 Å². The summed E-state index contributed by atoms with van der Waals surface area (Å²) in [6.45, 7) is 0.155. The fourth-order valence-electron chi connectivity index (χ4n) is 2.37. The molecule has 2 heterocycles. The summed E-state index contributed by atoms with van der Waals surface area (Å²) in [7, 11) is 0. The number of nitrogens with two attached hydrogens (primary N) is 1. The Bertz CT molecular complexity index is 907. The second-order valence-electron chi connectivity index (χ2n) is 4.89. The quantitative estimate of drug-likeness (QED) is 0.797. The summed E-state index contributed by atoms with van der Waals surface area (Å²) in [5.74, 6) is -0.348. The van der Waals surface area contributed by atoms with Crippen molar-refractivity contribution in [3.05, 3.63) is 54.6 Å². The normalized spacial score (nSPS) is 11.6. The third-order valence-electron chi connectivity index (χ3n) is 3.39. The summed E-state index contributed by atoms with van der Waals surface area (Å²) in [5.41, 5.74) is 8.60. The first-order valence-corrected chi connectivity index (χ1v) is 6.92. The summed E-state index contributed by atoms with van der Waals surface area (Å²) in [6.07, 6.45) is 7.59. The van der Waals surface area contributed by atoms with Crippen LogP contribution in [0.25, 0.3) is 22.2 Å². The van der Waals surface area contributed by atoms with E-state index in [1.807, 2.05) is 0 Å². The molecule has 3 aromatic rings. The molecule has 2 aromatic heterocycles. The maximum Gasteiger partial charge on any atom is 0.117 e. The molecule has 0 saturated carbocycles. The molecule has 114 valence electrons. The maximum atomic E-state index is 13.7. The molecule has 6 nitrogen and oxygen atoms in total. The lowest BCUT2D eigenvalue weighted by molar-refractivity contribution is 0.558. The van der Waals surface area contributed by atoms with Crippen LogP contribution in [-0.4, -0.2) is 26.1 Å². The average molecular weight is 308 g/mol. The van der Waals surface area contributed by atoms with Crippen LogP contribution in [0.2, 0.25) is 0 Å². The zero-order valence-electron chi connectivity index (χ0n) is 12.1. The number of halogens is 1. The van der Waals surface area contributed by atoms with Gasteiger partial charge in [0.2, 0.25) is 0 Å². The number of nitrogens with zero attached hydrogens (tertiary/aromatic N) is 5. The highest BCUT2D eigenvalue weighted by Crippen LogP contribution is 2.28. The van der Waals surface area contributed by atoms with Crippen LogP contribution in [0, 0.1) is 11.3 Å². The van der Waals surface area contributed by atoms with Gasteiger partial charge in [-0.1, -0.05) is 0 Å². The molecule has 0 aliphatic carbocycles. The highest BCUT2D eigenvalue weighted by Gasteiger charge is 2.13. The molecular formula is C16H13FN6. The molecule has 0 unspecified atom stereocenters. The highest BCUT2D eigenvalue weighted by molar-refractivity contribution is 5.93. The van der Waals surface area contributed by atoms with E-state index in [2.05, 4.69) is 21.0 Å². The van der Waals surface area contributed by atoms with Crippen molar-refractivity contribution in [1.29, 1.82) is 5.26 Å². The molecule has 0 fully saturated rings. The largest absolute Gasteiger partial charge is 0.327 e. The van der Waals surface area contributed by atoms with E-state index in [1.165, 1.54) is 12.4 Å². The van der Waals surface area contributed by atoms with Crippen LogP contribution in [0.3, 0.4) is 0 Å². The van der Waals surface area contributed by atoms with Gasteiger partial charge in [-0.3, -0.25) is 0 Å². The number of allylic oxidation sites excluding steroid dienone is 1. The van der Waals surface area contributed by atoms with Crippen molar-refractivity contribution in [2.45, 2.75) is 6.54 Å². The van der Waals surface area contributed by atoms with Gasteiger partial charge in [-0.15, -0.1) is 0 Å². The molecule has 0 atom stereocenters. The fraction of sp³-hybridized carbons (Fsp3) is 0.125. The number of nitriles is 1. The van der Waals surface area contributed by atoms with E-state index < -0.39 is 0 Å². The van der Waals surface area contributed by atoms with Crippen LogP contribution in [0.4, 0.5) is 4.39 Å². The van der Waals surface area contributed by atoms with E-state index in [4.69, 9.17) is 5.73 Å². The first-order valence-electron chi connectivity index (χ1n) is 6.92. The van der Waals surface area contributed by atoms with Crippen LogP contribution in [0.5, 0.6) is 0 Å². The number of rotatable bonds is 4. The molecule has 1 aromatic carbocycles. The molecule has 0 amide bonds. The fourth-order valence-corrected chi connectivity index (χ4v) is 2.37. The van der Waals surface area contributed by atoms with Crippen molar-refractivity contribution in [3.8, 4) is 17.2 Å². The van der Waals surface area contributed by atoms with Crippen LogP contribution in [-0.2, 0) is 6.54 Å². The van der Waals surface area contributed by atoms with Gasteiger partial charge in [-0.2, -0.15) is 5.26 Å².